The fourth-order valence-electron chi connectivity index (χ4n) is 4.28. The number of para-hydroxylation sites is 1. The van der Waals surface area contributed by atoms with Crippen molar-refractivity contribution in [1.29, 1.82) is 0 Å². The van der Waals surface area contributed by atoms with Crippen molar-refractivity contribution in [1.82, 2.24) is 14.9 Å². The number of aromatic amines is 1. The van der Waals surface area contributed by atoms with Crippen LogP contribution in [0.1, 0.15) is 27.9 Å². The minimum absolute atomic E-state index is 0.00198. The van der Waals surface area contributed by atoms with E-state index in [1.54, 1.807) is 11.3 Å². The van der Waals surface area contributed by atoms with Crippen LogP contribution in [0.3, 0.4) is 0 Å². The first-order valence-corrected chi connectivity index (χ1v) is 12.0. The molecular weight excluding hydrogens is 420 g/mol. The van der Waals surface area contributed by atoms with Gasteiger partial charge in [-0.1, -0.05) is 35.6 Å². The van der Waals surface area contributed by atoms with Crippen LogP contribution in [0.4, 0.5) is 5.13 Å². The van der Waals surface area contributed by atoms with Gasteiger partial charge in [0.15, 0.2) is 5.13 Å². The predicted molar refractivity (Wildman–Crippen MR) is 131 cm³/mol. The number of rotatable bonds is 6. The lowest BCUT2D eigenvalue weighted by Crippen LogP contribution is -2.39. The van der Waals surface area contributed by atoms with Gasteiger partial charge in [-0.05, 0) is 43.5 Å². The van der Waals surface area contributed by atoms with Gasteiger partial charge in [-0.15, -0.1) is 0 Å². The summed E-state index contributed by atoms with van der Waals surface area (Å²) in [6.07, 6.45) is 2.72. The fraction of sp³-hybridized carbons (Fsp3) is 0.360. The van der Waals surface area contributed by atoms with Gasteiger partial charge in [0.05, 0.1) is 29.0 Å². The van der Waals surface area contributed by atoms with Gasteiger partial charge >= 0.3 is 0 Å². The van der Waals surface area contributed by atoms with Crippen LogP contribution in [0.25, 0.3) is 21.1 Å². The van der Waals surface area contributed by atoms with E-state index < -0.39 is 0 Å². The predicted octanol–water partition coefficient (Wildman–Crippen LogP) is 4.76. The Labute approximate surface area is 191 Å². The number of amides is 1. The zero-order chi connectivity index (χ0) is 22.1. The average molecular weight is 449 g/mol. The second-order valence-electron chi connectivity index (χ2n) is 8.36. The zero-order valence-corrected chi connectivity index (χ0v) is 19.4. The van der Waals surface area contributed by atoms with Crippen LogP contribution in [-0.2, 0) is 4.74 Å². The Hall–Kier alpha value is -2.74. The van der Waals surface area contributed by atoms with Crippen LogP contribution in [-0.4, -0.2) is 60.2 Å². The smallest absolute Gasteiger partial charge is 0.262 e. The summed E-state index contributed by atoms with van der Waals surface area (Å²) in [6, 6.07) is 12.2. The molecule has 0 spiro atoms. The second-order valence-corrected chi connectivity index (χ2v) is 9.37. The summed E-state index contributed by atoms with van der Waals surface area (Å²) < 4.78 is 6.58. The van der Waals surface area contributed by atoms with E-state index in [9.17, 15) is 4.79 Å². The topological polar surface area (TPSA) is 61.5 Å². The van der Waals surface area contributed by atoms with Gasteiger partial charge < -0.3 is 9.72 Å². The number of aromatic nitrogens is 2. The molecule has 4 aromatic rings. The maximum atomic E-state index is 13.8. The summed E-state index contributed by atoms with van der Waals surface area (Å²) in [7, 11) is 0. The molecule has 0 saturated carbocycles. The zero-order valence-electron chi connectivity index (χ0n) is 18.6. The first kappa shape index (κ1) is 21.1. The van der Waals surface area contributed by atoms with Crippen molar-refractivity contribution in [2.24, 2.45) is 0 Å². The maximum Gasteiger partial charge on any atom is 0.262 e. The molecule has 5 rings (SSSR count). The third-order valence-corrected chi connectivity index (χ3v) is 7.37. The number of H-pyrrole nitrogens is 1. The Balaban J connectivity index is 1.47. The third-order valence-electron chi connectivity index (χ3n) is 6.33. The number of aryl methyl sites for hydroxylation is 2. The Kier molecular flexibility index (Phi) is 5.95. The molecule has 6 nitrogen and oxygen atoms in total. The van der Waals surface area contributed by atoms with Gasteiger partial charge in [0.1, 0.15) is 0 Å². The van der Waals surface area contributed by atoms with Crippen LogP contribution < -0.4 is 4.90 Å². The van der Waals surface area contributed by atoms with Crippen molar-refractivity contribution in [3.63, 3.8) is 0 Å². The van der Waals surface area contributed by atoms with Crippen molar-refractivity contribution in [2.75, 3.05) is 44.3 Å². The highest BCUT2D eigenvalue weighted by Crippen LogP contribution is 2.33. The quantitative estimate of drug-likeness (QED) is 0.462. The van der Waals surface area contributed by atoms with E-state index in [1.807, 2.05) is 35.4 Å². The number of ether oxygens (including phenoxy) is 1. The highest BCUT2D eigenvalue weighted by atomic mass is 32.1. The van der Waals surface area contributed by atoms with Crippen LogP contribution in [0, 0.1) is 13.8 Å². The number of thiazole rings is 1. The lowest BCUT2D eigenvalue weighted by atomic mass is 10.1. The molecule has 0 aliphatic carbocycles. The molecule has 2 aromatic carbocycles. The number of carbonyl (C=O) groups excluding carboxylic acids is 1. The van der Waals surface area contributed by atoms with Crippen LogP contribution in [0.5, 0.6) is 0 Å². The lowest BCUT2D eigenvalue weighted by Gasteiger charge is -2.27. The van der Waals surface area contributed by atoms with Gasteiger partial charge in [-0.3, -0.25) is 14.6 Å². The van der Waals surface area contributed by atoms with Crippen molar-refractivity contribution < 1.29 is 9.53 Å². The summed E-state index contributed by atoms with van der Waals surface area (Å²) >= 11 is 1.60. The van der Waals surface area contributed by atoms with E-state index in [2.05, 4.69) is 35.9 Å². The summed E-state index contributed by atoms with van der Waals surface area (Å²) in [5.74, 6) is -0.00198. The molecule has 0 atom stereocenters. The SMILES string of the molecule is Cc1ccc2sc(N(CCCN3CCOCC3)C(=O)c3c[nH]c4ccccc34)nc2c1C. The van der Waals surface area contributed by atoms with Crippen LogP contribution >= 0.6 is 11.3 Å². The van der Waals surface area contributed by atoms with Crippen LogP contribution in [0.15, 0.2) is 42.6 Å². The van der Waals surface area contributed by atoms with Crippen molar-refractivity contribution >= 4 is 43.5 Å². The minimum Gasteiger partial charge on any atom is -0.379 e. The highest BCUT2D eigenvalue weighted by molar-refractivity contribution is 7.22. The normalized spacial score (nSPS) is 14.9. The number of carbonyl (C=O) groups is 1. The summed E-state index contributed by atoms with van der Waals surface area (Å²) in [5.41, 5.74) is 5.06. The number of morpholine rings is 1. The summed E-state index contributed by atoms with van der Waals surface area (Å²) in [6.45, 7) is 9.27. The minimum atomic E-state index is -0.00198. The van der Waals surface area contributed by atoms with Gasteiger partial charge in [0.2, 0.25) is 0 Å². The second kappa shape index (κ2) is 9.02. The molecule has 0 bridgehead atoms. The Morgan fingerprint density at radius 2 is 2.00 bits per heavy atom. The van der Waals surface area contributed by atoms with E-state index in [1.165, 1.54) is 11.1 Å². The number of hydrogen-bond acceptors (Lipinski definition) is 5. The molecule has 1 amide bonds. The number of nitrogens with one attached hydrogen (secondary N) is 1. The molecule has 32 heavy (non-hydrogen) atoms. The average Bonchev–Trinajstić information content (AvgIpc) is 3.44. The summed E-state index contributed by atoms with van der Waals surface area (Å²) in [5, 5.41) is 1.72. The van der Waals surface area contributed by atoms with Crippen molar-refractivity contribution in [3.8, 4) is 0 Å². The van der Waals surface area contributed by atoms with Crippen molar-refractivity contribution in [2.45, 2.75) is 20.3 Å². The molecule has 1 aliphatic rings. The fourth-order valence-corrected chi connectivity index (χ4v) is 5.33. The van der Waals surface area contributed by atoms with E-state index in [-0.39, 0.29) is 5.91 Å². The summed E-state index contributed by atoms with van der Waals surface area (Å²) in [4.78, 5) is 26.2. The molecule has 1 N–H and O–H groups in total. The Morgan fingerprint density at radius 1 is 1.19 bits per heavy atom. The number of benzene rings is 2. The number of hydrogen-bond donors (Lipinski definition) is 1. The molecular formula is C25H28N4O2S. The molecule has 166 valence electrons. The molecule has 0 unspecified atom stereocenters. The van der Waals surface area contributed by atoms with Gasteiger partial charge in [-0.25, -0.2) is 4.98 Å². The standard InChI is InChI=1S/C25H28N4O2S/c1-17-8-9-22-23(18(17)2)27-25(32-22)29(11-5-10-28-12-14-31-15-13-28)24(30)20-16-26-21-7-4-3-6-19(20)21/h3-4,6-9,16,26H,5,10-15H2,1-2H3. The molecule has 1 saturated heterocycles. The van der Waals surface area contributed by atoms with Gasteiger partial charge in [0.25, 0.3) is 5.91 Å². The maximum absolute atomic E-state index is 13.8. The van der Waals surface area contributed by atoms with E-state index >= 15 is 0 Å². The molecule has 1 fully saturated rings. The highest BCUT2D eigenvalue weighted by Gasteiger charge is 2.24. The Morgan fingerprint density at radius 3 is 2.84 bits per heavy atom. The van der Waals surface area contributed by atoms with E-state index in [4.69, 9.17) is 9.72 Å². The van der Waals surface area contributed by atoms with Gasteiger partial charge in [-0.2, -0.15) is 0 Å². The van der Waals surface area contributed by atoms with E-state index in [0.29, 0.717) is 12.1 Å². The number of anilines is 1. The van der Waals surface area contributed by atoms with Crippen LogP contribution in [0.2, 0.25) is 0 Å². The monoisotopic (exact) mass is 448 g/mol. The largest absolute Gasteiger partial charge is 0.379 e. The van der Waals surface area contributed by atoms with E-state index in [0.717, 1.165) is 65.5 Å². The molecule has 7 heteroatoms. The number of fused-ring (bicyclic) bond motifs is 2. The first-order valence-electron chi connectivity index (χ1n) is 11.2. The molecule has 1 aliphatic heterocycles. The molecule has 2 aromatic heterocycles. The van der Waals surface area contributed by atoms with Crippen molar-refractivity contribution in [3.05, 3.63) is 59.3 Å². The lowest BCUT2D eigenvalue weighted by molar-refractivity contribution is 0.0376. The first-order chi connectivity index (χ1) is 15.6. The number of nitrogens with zero attached hydrogens (tertiary/aromatic N) is 3. The third kappa shape index (κ3) is 4.03. The molecule has 0 radical (unpaired) electrons. The van der Waals surface area contributed by atoms with Gasteiger partial charge in [0, 0.05) is 43.3 Å². The Bertz CT molecular complexity index is 1260. The molecule has 3 heterocycles.